The van der Waals surface area contributed by atoms with Crippen molar-refractivity contribution in [2.45, 2.75) is 57.7 Å². The van der Waals surface area contributed by atoms with Crippen LogP contribution < -0.4 is 10.2 Å². The number of anilines is 2. The summed E-state index contributed by atoms with van der Waals surface area (Å²) in [5.74, 6) is 0.565. The maximum atomic E-state index is 14.0. The Hall–Kier alpha value is -2.07. The van der Waals surface area contributed by atoms with Crippen molar-refractivity contribution in [2.75, 3.05) is 29.9 Å². The lowest BCUT2D eigenvalue weighted by Crippen LogP contribution is -2.51. The monoisotopic (exact) mass is 379 g/mol. The van der Waals surface area contributed by atoms with Crippen molar-refractivity contribution >= 4 is 11.4 Å². The summed E-state index contributed by atoms with van der Waals surface area (Å²) in [6, 6.07) is 12.9. The number of hydrogen-bond acceptors (Lipinski definition) is 3. The van der Waals surface area contributed by atoms with Gasteiger partial charge in [0.15, 0.2) is 0 Å². The number of benzene rings is 2. The molecule has 148 valence electrons. The molecule has 1 N–H and O–H groups in total. The molecule has 3 heterocycles. The minimum atomic E-state index is -0.115. The highest BCUT2D eigenvalue weighted by Crippen LogP contribution is 2.44. The van der Waals surface area contributed by atoms with Gasteiger partial charge in [-0.15, -0.1) is 0 Å². The van der Waals surface area contributed by atoms with Gasteiger partial charge in [-0.3, -0.25) is 4.90 Å². The van der Waals surface area contributed by atoms with Crippen molar-refractivity contribution < 1.29 is 4.39 Å². The fourth-order valence-electron chi connectivity index (χ4n) is 5.45. The molecule has 0 radical (unpaired) electrons. The fourth-order valence-corrected chi connectivity index (χ4v) is 5.45. The molecule has 2 aromatic rings. The van der Waals surface area contributed by atoms with Gasteiger partial charge in [-0.2, -0.15) is 0 Å². The van der Waals surface area contributed by atoms with Crippen molar-refractivity contribution in [1.82, 2.24) is 4.90 Å². The Labute approximate surface area is 167 Å². The quantitative estimate of drug-likeness (QED) is 0.818. The molecule has 0 bridgehead atoms. The maximum absolute atomic E-state index is 14.0. The molecule has 0 aliphatic carbocycles. The van der Waals surface area contributed by atoms with Crippen LogP contribution in [0.4, 0.5) is 15.8 Å². The van der Waals surface area contributed by atoms with Crippen LogP contribution in [0.15, 0.2) is 36.4 Å². The van der Waals surface area contributed by atoms with E-state index in [1.807, 2.05) is 0 Å². The van der Waals surface area contributed by atoms with E-state index in [0.29, 0.717) is 12.0 Å². The molecule has 0 saturated carbocycles. The smallest absolute Gasteiger partial charge is 0.125 e. The lowest BCUT2D eigenvalue weighted by molar-refractivity contribution is 0.202. The van der Waals surface area contributed by atoms with Crippen LogP contribution in [0, 0.1) is 12.7 Å². The first kappa shape index (κ1) is 18.0. The predicted octanol–water partition coefficient (Wildman–Crippen LogP) is 4.91. The molecule has 1 fully saturated rings. The third-order valence-electron chi connectivity index (χ3n) is 6.91. The zero-order valence-corrected chi connectivity index (χ0v) is 16.9. The Morgan fingerprint density at radius 2 is 1.93 bits per heavy atom. The molecule has 0 aromatic heterocycles. The van der Waals surface area contributed by atoms with Crippen LogP contribution in [0.5, 0.6) is 0 Å². The Kier molecular flexibility index (Phi) is 4.54. The first-order chi connectivity index (χ1) is 13.6. The van der Waals surface area contributed by atoms with Gasteiger partial charge in [0.1, 0.15) is 12.0 Å². The molecular weight excluding hydrogens is 349 g/mol. The predicted molar refractivity (Wildman–Crippen MR) is 114 cm³/mol. The zero-order chi connectivity index (χ0) is 19.3. The van der Waals surface area contributed by atoms with Gasteiger partial charge in [0.25, 0.3) is 0 Å². The van der Waals surface area contributed by atoms with E-state index in [-0.39, 0.29) is 12.0 Å². The van der Waals surface area contributed by atoms with E-state index in [1.165, 1.54) is 35.2 Å². The standard InChI is InChI=1S/C24H30FN3/c1-16-4-3-5-19(12-16)18-8-10-27(11-9-18)15-23-26-22-14-21(25)13-20-7-6-17(2)28(23)24(20)22/h3-5,12-14,17-18,23,26H,6-11,15H2,1-2H3. The molecule has 28 heavy (non-hydrogen) atoms. The number of nitrogens with zero attached hydrogens (tertiary/aromatic N) is 2. The largest absolute Gasteiger partial charge is 0.362 e. The summed E-state index contributed by atoms with van der Waals surface area (Å²) in [4.78, 5) is 5.10. The third-order valence-corrected chi connectivity index (χ3v) is 6.91. The average Bonchev–Trinajstić information content (AvgIpc) is 3.04. The van der Waals surface area contributed by atoms with E-state index < -0.39 is 0 Å². The second-order valence-corrected chi connectivity index (χ2v) is 8.91. The molecule has 3 aliphatic rings. The normalized spacial score (nSPS) is 24.9. The SMILES string of the molecule is Cc1cccc(C2CCN(CC3Nc4cc(F)cc5c4N3C(C)CC5)CC2)c1. The summed E-state index contributed by atoms with van der Waals surface area (Å²) in [6.45, 7) is 7.76. The summed E-state index contributed by atoms with van der Waals surface area (Å²) in [5.41, 5.74) is 6.26. The van der Waals surface area contributed by atoms with Gasteiger partial charge in [-0.25, -0.2) is 4.39 Å². The van der Waals surface area contributed by atoms with Crippen molar-refractivity contribution in [2.24, 2.45) is 0 Å². The number of aryl methyl sites for hydroxylation is 2. The molecule has 4 heteroatoms. The number of rotatable bonds is 3. The topological polar surface area (TPSA) is 18.5 Å². The van der Waals surface area contributed by atoms with Crippen LogP contribution in [0.1, 0.15) is 48.8 Å². The Morgan fingerprint density at radius 3 is 2.71 bits per heavy atom. The summed E-state index contributed by atoms with van der Waals surface area (Å²) in [5, 5.41) is 3.63. The van der Waals surface area contributed by atoms with Gasteiger partial charge in [-0.1, -0.05) is 29.8 Å². The van der Waals surface area contributed by atoms with E-state index in [1.54, 1.807) is 12.1 Å². The van der Waals surface area contributed by atoms with E-state index in [4.69, 9.17) is 0 Å². The minimum Gasteiger partial charge on any atom is -0.362 e. The summed E-state index contributed by atoms with van der Waals surface area (Å²) in [6.07, 6.45) is 4.77. The van der Waals surface area contributed by atoms with Crippen LogP contribution in [0.2, 0.25) is 0 Å². The fraction of sp³-hybridized carbons (Fsp3) is 0.500. The van der Waals surface area contributed by atoms with Crippen LogP contribution in [0.3, 0.4) is 0 Å². The molecule has 3 nitrogen and oxygen atoms in total. The Balaban J connectivity index is 1.27. The van der Waals surface area contributed by atoms with Gasteiger partial charge >= 0.3 is 0 Å². The molecule has 3 aliphatic heterocycles. The highest BCUT2D eigenvalue weighted by atomic mass is 19.1. The molecule has 0 spiro atoms. The maximum Gasteiger partial charge on any atom is 0.125 e. The first-order valence-electron chi connectivity index (χ1n) is 10.7. The van der Waals surface area contributed by atoms with Crippen LogP contribution in [-0.4, -0.2) is 36.7 Å². The van der Waals surface area contributed by atoms with E-state index in [2.05, 4.69) is 53.2 Å². The lowest BCUT2D eigenvalue weighted by atomic mass is 9.88. The zero-order valence-electron chi connectivity index (χ0n) is 16.9. The first-order valence-corrected chi connectivity index (χ1v) is 10.7. The highest BCUT2D eigenvalue weighted by molar-refractivity contribution is 5.80. The molecule has 2 aromatic carbocycles. The van der Waals surface area contributed by atoms with Gasteiger partial charge < -0.3 is 10.2 Å². The number of piperidine rings is 1. The number of nitrogens with one attached hydrogen (secondary N) is 1. The summed E-state index contributed by atoms with van der Waals surface area (Å²) >= 11 is 0. The van der Waals surface area contributed by atoms with Crippen LogP contribution in [0.25, 0.3) is 0 Å². The molecular formula is C24H30FN3. The molecule has 0 amide bonds. The minimum absolute atomic E-state index is 0.115. The van der Waals surface area contributed by atoms with E-state index in [9.17, 15) is 4.39 Å². The third kappa shape index (κ3) is 3.18. The summed E-state index contributed by atoms with van der Waals surface area (Å²) in [7, 11) is 0. The van der Waals surface area contributed by atoms with E-state index >= 15 is 0 Å². The molecule has 1 saturated heterocycles. The van der Waals surface area contributed by atoms with Crippen LogP contribution >= 0.6 is 0 Å². The Bertz CT molecular complexity index is 872. The highest BCUT2D eigenvalue weighted by Gasteiger charge is 2.38. The van der Waals surface area contributed by atoms with Gasteiger partial charge in [0.2, 0.25) is 0 Å². The van der Waals surface area contributed by atoms with Crippen molar-refractivity contribution in [1.29, 1.82) is 0 Å². The van der Waals surface area contributed by atoms with E-state index in [0.717, 1.165) is 38.2 Å². The van der Waals surface area contributed by atoms with Gasteiger partial charge in [-0.05, 0) is 81.8 Å². The Morgan fingerprint density at radius 1 is 1.11 bits per heavy atom. The van der Waals surface area contributed by atoms with Crippen molar-refractivity contribution in [3.8, 4) is 0 Å². The van der Waals surface area contributed by atoms with Crippen LogP contribution in [-0.2, 0) is 6.42 Å². The number of hydrogen-bond donors (Lipinski definition) is 1. The average molecular weight is 380 g/mol. The molecule has 5 rings (SSSR count). The number of likely N-dealkylation sites (tertiary alicyclic amines) is 1. The van der Waals surface area contributed by atoms with Crippen molar-refractivity contribution in [3.05, 3.63) is 58.9 Å². The number of halogens is 1. The van der Waals surface area contributed by atoms with Crippen molar-refractivity contribution in [3.63, 3.8) is 0 Å². The summed E-state index contributed by atoms with van der Waals surface area (Å²) < 4.78 is 14.0. The van der Waals surface area contributed by atoms with Gasteiger partial charge in [0, 0.05) is 12.6 Å². The lowest BCUT2D eigenvalue weighted by Gasteiger charge is -2.40. The molecule has 2 atom stereocenters. The second kappa shape index (κ2) is 7.07. The second-order valence-electron chi connectivity index (χ2n) is 8.91. The van der Waals surface area contributed by atoms with Gasteiger partial charge in [0.05, 0.1) is 11.4 Å². The molecule has 2 unspecified atom stereocenters.